The normalized spacial score (nSPS) is 10.7. The molecule has 0 fully saturated rings. The number of benzene rings is 1. The number of hydrogen-bond donors (Lipinski definition) is 1. The predicted octanol–water partition coefficient (Wildman–Crippen LogP) is 3.75. The fraction of sp³-hybridized carbons (Fsp3) is 0.0714. The molecular formula is C14H11BrN2O3S. The molecule has 0 atom stereocenters. The van der Waals surface area contributed by atoms with Gasteiger partial charge < -0.3 is 5.32 Å². The number of thiophene rings is 1. The Balaban J connectivity index is 1.92. The molecule has 0 radical (unpaired) electrons. The average Bonchev–Trinajstić information content (AvgIpc) is 2.89. The lowest BCUT2D eigenvalue weighted by atomic mass is 10.2. The molecule has 0 aliphatic rings. The quantitative estimate of drug-likeness (QED) is 0.497. The zero-order valence-corrected chi connectivity index (χ0v) is 13.2. The highest BCUT2D eigenvalue weighted by Crippen LogP contribution is 2.19. The van der Waals surface area contributed by atoms with Crippen molar-refractivity contribution in [1.29, 1.82) is 0 Å². The molecule has 0 saturated heterocycles. The molecule has 0 bridgehead atoms. The Hall–Kier alpha value is -1.99. The summed E-state index contributed by atoms with van der Waals surface area (Å²) >= 11 is 4.90. The topological polar surface area (TPSA) is 72.2 Å². The van der Waals surface area contributed by atoms with Gasteiger partial charge in [-0.05, 0) is 33.6 Å². The molecule has 1 N–H and O–H groups in total. The Morgan fingerprint density at radius 3 is 2.90 bits per heavy atom. The van der Waals surface area contributed by atoms with Crippen molar-refractivity contribution in [3.05, 3.63) is 66.8 Å². The zero-order chi connectivity index (χ0) is 15.2. The molecule has 0 aliphatic carbocycles. The largest absolute Gasteiger partial charge is 0.348 e. The number of halogens is 1. The van der Waals surface area contributed by atoms with Gasteiger partial charge in [-0.15, -0.1) is 11.3 Å². The molecule has 0 aliphatic heterocycles. The Bertz CT molecular complexity index is 697. The molecule has 0 unspecified atom stereocenters. The van der Waals surface area contributed by atoms with Crippen molar-refractivity contribution in [3.8, 4) is 0 Å². The van der Waals surface area contributed by atoms with Gasteiger partial charge in [-0.3, -0.25) is 14.9 Å². The van der Waals surface area contributed by atoms with Crippen molar-refractivity contribution in [3.63, 3.8) is 0 Å². The van der Waals surface area contributed by atoms with E-state index in [-0.39, 0.29) is 11.6 Å². The van der Waals surface area contributed by atoms with Crippen molar-refractivity contribution in [2.24, 2.45) is 0 Å². The molecule has 7 heteroatoms. The average molecular weight is 367 g/mol. The maximum atomic E-state index is 11.7. The second-order valence-electron chi connectivity index (χ2n) is 4.13. The molecule has 2 aromatic rings. The number of rotatable bonds is 5. The SMILES string of the molecule is O=C(C=Cc1cccc([N+](=O)[O-])c1)NCc1cc(Br)cs1. The van der Waals surface area contributed by atoms with E-state index in [1.165, 1.54) is 18.2 Å². The van der Waals surface area contributed by atoms with E-state index in [0.29, 0.717) is 12.1 Å². The smallest absolute Gasteiger partial charge is 0.270 e. The van der Waals surface area contributed by atoms with Crippen LogP contribution < -0.4 is 5.32 Å². The van der Waals surface area contributed by atoms with Gasteiger partial charge >= 0.3 is 0 Å². The Labute approximate surface area is 133 Å². The Morgan fingerprint density at radius 2 is 2.24 bits per heavy atom. The van der Waals surface area contributed by atoms with E-state index in [4.69, 9.17) is 0 Å². The van der Waals surface area contributed by atoms with Crippen molar-refractivity contribution >= 4 is 44.9 Å². The van der Waals surface area contributed by atoms with Crippen molar-refractivity contribution in [2.45, 2.75) is 6.54 Å². The number of carbonyl (C=O) groups is 1. The summed E-state index contributed by atoms with van der Waals surface area (Å²) < 4.78 is 0.990. The zero-order valence-electron chi connectivity index (χ0n) is 10.8. The van der Waals surface area contributed by atoms with E-state index in [0.717, 1.165) is 9.35 Å². The van der Waals surface area contributed by atoms with Gasteiger partial charge in [0.05, 0.1) is 11.5 Å². The van der Waals surface area contributed by atoms with Crippen molar-refractivity contribution in [2.75, 3.05) is 0 Å². The van der Waals surface area contributed by atoms with E-state index in [1.54, 1.807) is 29.5 Å². The van der Waals surface area contributed by atoms with Gasteiger partial charge in [0.25, 0.3) is 5.69 Å². The van der Waals surface area contributed by atoms with Gasteiger partial charge in [0.15, 0.2) is 0 Å². The van der Waals surface area contributed by atoms with Crippen LogP contribution in [0.25, 0.3) is 6.08 Å². The van der Waals surface area contributed by atoms with Crippen LogP contribution in [0.4, 0.5) is 5.69 Å². The van der Waals surface area contributed by atoms with E-state index in [2.05, 4.69) is 21.2 Å². The minimum absolute atomic E-state index is 0.000920. The molecule has 1 aromatic carbocycles. The number of nitrogens with one attached hydrogen (secondary N) is 1. The lowest BCUT2D eigenvalue weighted by molar-refractivity contribution is -0.384. The highest BCUT2D eigenvalue weighted by Gasteiger charge is 2.04. The van der Waals surface area contributed by atoms with Crippen LogP contribution in [0.3, 0.4) is 0 Å². The number of carbonyl (C=O) groups excluding carboxylic acids is 1. The molecule has 1 heterocycles. The second-order valence-corrected chi connectivity index (χ2v) is 6.05. The summed E-state index contributed by atoms with van der Waals surface area (Å²) in [4.78, 5) is 22.9. The maximum absolute atomic E-state index is 11.7. The van der Waals surface area contributed by atoms with Crippen LogP contribution in [0.2, 0.25) is 0 Å². The molecule has 108 valence electrons. The molecule has 0 saturated carbocycles. The van der Waals surface area contributed by atoms with Crippen LogP contribution in [0.15, 0.2) is 46.3 Å². The summed E-state index contributed by atoms with van der Waals surface area (Å²) in [5.41, 5.74) is 0.610. The summed E-state index contributed by atoms with van der Waals surface area (Å²) in [6.45, 7) is 0.453. The van der Waals surface area contributed by atoms with Crippen molar-refractivity contribution in [1.82, 2.24) is 5.32 Å². The third-order valence-corrected chi connectivity index (χ3v) is 4.26. The third-order valence-electron chi connectivity index (χ3n) is 2.57. The van der Waals surface area contributed by atoms with Gasteiger partial charge in [0.2, 0.25) is 5.91 Å². The molecule has 1 amide bonds. The lowest BCUT2D eigenvalue weighted by Crippen LogP contribution is -2.19. The number of hydrogen-bond acceptors (Lipinski definition) is 4. The summed E-state index contributed by atoms with van der Waals surface area (Å²) in [6.07, 6.45) is 2.91. The second kappa shape index (κ2) is 7.14. The predicted molar refractivity (Wildman–Crippen MR) is 86.0 cm³/mol. The van der Waals surface area contributed by atoms with Crippen LogP contribution in [-0.4, -0.2) is 10.8 Å². The van der Waals surface area contributed by atoms with Gasteiger partial charge in [-0.2, -0.15) is 0 Å². The Kier molecular flexibility index (Phi) is 5.24. The first-order valence-corrected chi connectivity index (χ1v) is 7.65. The van der Waals surface area contributed by atoms with E-state index in [9.17, 15) is 14.9 Å². The fourth-order valence-corrected chi connectivity index (χ4v) is 2.98. The summed E-state index contributed by atoms with van der Waals surface area (Å²) in [5.74, 6) is -0.244. The molecule has 1 aromatic heterocycles. The van der Waals surface area contributed by atoms with E-state index < -0.39 is 4.92 Å². The van der Waals surface area contributed by atoms with Crippen LogP contribution in [0, 0.1) is 10.1 Å². The van der Waals surface area contributed by atoms with Gasteiger partial charge in [0, 0.05) is 32.9 Å². The number of nitro benzene ring substituents is 1. The first kappa shape index (κ1) is 15.4. The highest BCUT2D eigenvalue weighted by molar-refractivity contribution is 9.10. The summed E-state index contributed by atoms with van der Waals surface area (Å²) in [5, 5.41) is 15.3. The molecule has 21 heavy (non-hydrogen) atoms. The van der Waals surface area contributed by atoms with Gasteiger partial charge in [-0.1, -0.05) is 12.1 Å². The van der Waals surface area contributed by atoms with Crippen LogP contribution >= 0.6 is 27.3 Å². The van der Waals surface area contributed by atoms with E-state index >= 15 is 0 Å². The van der Waals surface area contributed by atoms with Crippen LogP contribution in [0.5, 0.6) is 0 Å². The first-order chi connectivity index (χ1) is 10.0. The van der Waals surface area contributed by atoms with Crippen LogP contribution in [-0.2, 0) is 11.3 Å². The monoisotopic (exact) mass is 366 g/mol. The molecule has 5 nitrogen and oxygen atoms in total. The minimum Gasteiger partial charge on any atom is -0.348 e. The lowest BCUT2D eigenvalue weighted by Gasteiger charge is -1.99. The van der Waals surface area contributed by atoms with Crippen LogP contribution in [0.1, 0.15) is 10.4 Å². The maximum Gasteiger partial charge on any atom is 0.270 e. The molecule has 0 spiro atoms. The van der Waals surface area contributed by atoms with Crippen molar-refractivity contribution < 1.29 is 9.72 Å². The van der Waals surface area contributed by atoms with Gasteiger partial charge in [0.1, 0.15) is 0 Å². The summed E-state index contributed by atoms with van der Waals surface area (Å²) in [6, 6.07) is 8.05. The Morgan fingerprint density at radius 1 is 1.43 bits per heavy atom. The third kappa shape index (κ3) is 4.80. The standard InChI is InChI=1S/C14H11BrN2O3S/c15-11-7-13(21-9-11)8-16-14(18)5-4-10-2-1-3-12(6-10)17(19)20/h1-7,9H,8H2,(H,16,18). The summed E-state index contributed by atoms with van der Waals surface area (Å²) in [7, 11) is 0. The molecule has 2 rings (SSSR count). The fourth-order valence-electron chi connectivity index (χ4n) is 1.59. The number of non-ortho nitro benzene ring substituents is 1. The highest BCUT2D eigenvalue weighted by atomic mass is 79.9. The van der Waals surface area contributed by atoms with Gasteiger partial charge in [-0.25, -0.2) is 0 Å². The minimum atomic E-state index is -0.466. The number of nitrogens with zero attached hydrogens (tertiary/aromatic N) is 1. The number of nitro groups is 1. The number of amides is 1. The van der Waals surface area contributed by atoms with E-state index in [1.807, 2.05) is 11.4 Å². The molecular weight excluding hydrogens is 356 g/mol. The first-order valence-electron chi connectivity index (χ1n) is 5.98.